The van der Waals surface area contributed by atoms with Crippen molar-refractivity contribution in [1.29, 1.82) is 0 Å². The van der Waals surface area contributed by atoms with Gasteiger partial charge in [0.2, 0.25) is 0 Å². The molecule has 1 aromatic carbocycles. The molecule has 2 unspecified atom stereocenters. The van der Waals surface area contributed by atoms with E-state index in [0.29, 0.717) is 6.04 Å². The number of anilines is 1. The van der Waals surface area contributed by atoms with Crippen LogP contribution < -0.4 is 5.32 Å². The van der Waals surface area contributed by atoms with Gasteiger partial charge in [-0.15, -0.1) is 0 Å². The third kappa shape index (κ3) is 2.16. The molecule has 17 heavy (non-hydrogen) atoms. The summed E-state index contributed by atoms with van der Waals surface area (Å²) >= 11 is 6.27. The van der Waals surface area contributed by atoms with Crippen LogP contribution in [-0.4, -0.2) is 30.1 Å². The van der Waals surface area contributed by atoms with E-state index in [1.807, 2.05) is 6.07 Å². The van der Waals surface area contributed by atoms with E-state index >= 15 is 0 Å². The molecule has 2 aliphatic rings. The fourth-order valence-electron chi connectivity index (χ4n) is 3.19. The number of halogens is 1. The van der Waals surface area contributed by atoms with Gasteiger partial charge in [0.05, 0.1) is 10.7 Å². The molecule has 2 aliphatic heterocycles. The van der Waals surface area contributed by atoms with E-state index in [2.05, 4.69) is 29.3 Å². The molecule has 3 heteroatoms. The second-order valence-corrected chi connectivity index (χ2v) is 5.68. The molecule has 0 saturated carbocycles. The number of aryl methyl sites for hydroxylation is 1. The average Bonchev–Trinajstić information content (AvgIpc) is 2.86. The van der Waals surface area contributed by atoms with Gasteiger partial charge in [0.1, 0.15) is 0 Å². The lowest BCUT2D eigenvalue weighted by Crippen LogP contribution is -2.33. The van der Waals surface area contributed by atoms with Gasteiger partial charge in [0, 0.05) is 18.6 Å². The van der Waals surface area contributed by atoms with Crippen molar-refractivity contribution in [3.63, 3.8) is 0 Å². The number of nitrogens with one attached hydrogen (secondary N) is 1. The zero-order valence-electron chi connectivity index (χ0n) is 10.2. The Morgan fingerprint density at radius 1 is 1.29 bits per heavy atom. The number of rotatable bonds is 2. The Morgan fingerprint density at radius 3 is 3.00 bits per heavy atom. The molecule has 0 bridgehead atoms. The van der Waals surface area contributed by atoms with Gasteiger partial charge in [-0.25, -0.2) is 0 Å². The van der Waals surface area contributed by atoms with E-state index in [0.717, 1.165) is 16.8 Å². The monoisotopic (exact) mass is 250 g/mol. The van der Waals surface area contributed by atoms with Crippen molar-refractivity contribution in [3.05, 3.63) is 28.8 Å². The number of nitrogens with zero attached hydrogens (tertiary/aromatic N) is 1. The summed E-state index contributed by atoms with van der Waals surface area (Å²) in [6.45, 7) is 4.60. The quantitative estimate of drug-likeness (QED) is 0.867. The van der Waals surface area contributed by atoms with Crippen molar-refractivity contribution in [1.82, 2.24) is 4.90 Å². The number of hydrogen-bond donors (Lipinski definition) is 1. The molecule has 0 aromatic heterocycles. The van der Waals surface area contributed by atoms with Gasteiger partial charge in [-0.3, -0.25) is 4.90 Å². The van der Waals surface area contributed by atoms with Crippen LogP contribution in [0, 0.1) is 6.92 Å². The minimum Gasteiger partial charge on any atom is -0.379 e. The smallest absolute Gasteiger partial charge is 0.0640 e. The lowest BCUT2D eigenvalue weighted by atomic mass is 10.1. The fourth-order valence-corrected chi connectivity index (χ4v) is 3.48. The molecule has 2 atom stereocenters. The molecule has 1 N–H and O–H groups in total. The van der Waals surface area contributed by atoms with E-state index in [9.17, 15) is 0 Å². The van der Waals surface area contributed by atoms with Gasteiger partial charge >= 0.3 is 0 Å². The van der Waals surface area contributed by atoms with Gasteiger partial charge in [0.25, 0.3) is 0 Å². The van der Waals surface area contributed by atoms with E-state index in [-0.39, 0.29) is 0 Å². The van der Waals surface area contributed by atoms with Gasteiger partial charge in [0.15, 0.2) is 0 Å². The molecule has 2 fully saturated rings. The Labute approximate surface area is 108 Å². The van der Waals surface area contributed by atoms with E-state index in [4.69, 9.17) is 11.6 Å². The van der Waals surface area contributed by atoms with Crippen molar-refractivity contribution in [2.75, 3.05) is 18.4 Å². The SMILES string of the molecule is Cc1ccc(NC2CCN3CCCC23)c(Cl)c1. The van der Waals surface area contributed by atoms with Crippen LogP contribution in [0.3, 0.4) is 0 Å². The Balaban J connectivity index is 1.74. The molecular weight excluding hydrogens is 232 g/mol. The molecule has 2 heterocycles. The van der Waals surface area contributed by atoms with Crippen LogP contribution in [-0.2, 0) is 0 Å². The van der Waals surface area contributed by atoms with E-state index < -0.39 is 0 Å². The van der Waals surface area contributed by atoms with Crippen molar-refractivity contribution >= 4 is 17.3 Å². The standard InChI is InChI=1S/C14H19ClN2/c1-10-4-5-12(11(15)9-10)16-13-6-8-17-7-2-3-14(13)17/h4-5,9,13-14,16H,2-3,6-8H2,1H3. The summed E-state index contributed by atoms with van der Waals surface area (Å²) in [6.07, 6.45) is 3.93. The van der Waals surface area contributed by atoms with Crippen LogP contribution in [0.25, 0.3) is 0 Å². The van der Waals surface area contributed by atoms with Crippen molar-refractivity contribution in [3.8, 4) is 0 Å². The van der Waals surface area contributed by atoms with Crippen LogP contribution in [0.2, 0.25) is 5.02 Å². The highest BCUT2D eigenvalue weighted by atomic mass is 35.5. The summed E-state index contributed by atoms with van der Waals surface area (Å²) in [5, 5.41) is 4.48. The molecule has 0 spiro atoms. The maximum Gasteiger partial charge on any atom is 0.0640 e. The number of benzene rings is 1. The van der Waals surface area contributed by atoms with Crippen LogP contribution in [0.4, 0.5) is 5.69 Å². The Morgan fingerprint density at radius 2 is 2.18 bits per heavy atom. The Hall–Kier alpha value is -0.730. The molecule has 3 rings (SSSR count). The zero-order valence-corrected chi connectivity index (χ0v) is 11.0. The van der Waals surface area contributed by atoms with Crippen LogP contribution in [0.5, 0.6) is 0 Å². The molecular formula is C14H19ClN2. The Bertz CT molecular complexity index is 419. The van der Waals surface area contributed by atoms with Gasteiger partial charge in [-0.05, 0) is 50.4 Å². The fraction of sp³-hybridized carbons (Fsp3) is 0.571. The maximum atomic E-state index is 6.27. The third-order valence-corrected chi connectivity index (χ3v) is 4.38. The van der Waals surface area contributed by atoms with E-state index in [1.54, 1.807) is 0 Å². The summed E-state index contributed by atoms with van der Waals surface area (Å²) in [5.41, 5.74) is 2.31. The lowest BCUT2D eigenvalue weighted by molar-refractivity contribution is 0.318. The van der Waals surface area contributed by atoms with Crippen molar-refractivity contribution < 1.29 is 0 Å². The van der Waals surface area contributed by atoms with Crippen LogP contribution >= 0.6 is 11.6 Å². The van der Waals surface area contributed by atoms with E-state index in [1.165, 1.54) is 37.9 Å². The van der Waals surface area contributed by atoms with Gasteiger partial charge in [-0.2, -0.15) is 0 Å². The second-order valence-electron chi connectivity index (χ2n) is 5.27. The summed E-state index contributed by atoms with van der Waals surface area (Å²) in [4.78, 5) is 2.61. The highest BCUT2D eigenvalue weighted by molar-refractivity contribution is 6.33. The van der Waals surface area contributed by atoms with Crippen LogP contribution in [0.1, 0.15) is 24.8 Å². The first kappa shape index (κ1) is 11.4. The molecule has 0 aliphatic carbocycles. The normalized spacial score (nSPS) is 28.4. The largest absolute Gasteiger partial charge is 0.379 e. The van der Waals surface area contributed by atoms with Crippen molar-refractivity contribution in [2.24, 2.45) is 0 Å². The molecule has 0 amide bonds. The zero-order chi connectivity index (χ0) is 11.8. The first-order valence-electron chi connectivity index (χ1n) is 6.51. The molecule has 0 radical (unpaired) electrons. The summed E-state index contributed by atoms with van der Waals surface area (Å²) in [5.74, 6) is 0. The minimum atomic E-state index is 0.581. The summed E-state index contributed by atoms with van der Waals surface area (Å²) in [6, 6.07) is 7.57. The first-order valence-corrected chi connectivity index (χ1v) is 6.88. The van der Waals surface area contributed by atoms with Gasteiger partial charge < -0.3 is 5.32 Å². The highest BCUT2D eigenvalue weighted by Crippen LogP contribution is 2.32. The predicted octanol–water partition coefficient (Wildman–Crippen LogP) is 3.30. The number of fused-ring (bicyclic) bond motifs is 1. The molecule has 92 valence electrons. The lowest BCUT2D eigenvalue weighted by Gasteiger charge is -2.22. The second kappa shape index (κ2) is 4.51. The number of hydrogen-bond acceptors (Lipinski definition) is 2. The maximum absolute atomic E-state index is 6.27. The summed E-state index contributed by atoms with van der Waals surface area (Å²) < 4.78 is 0. The van der Waals surface area contributed by atoms with Crippen LogP contribution in [0.15, 0.2) is 18.2 Å². The molecule has 2 saturated heterocycles. The Kier molecular flexibility index (Phi) is 3.01. The van der Waals surface area contributed by atoms with Crippen molar-refractivity contribution in [2.45, 2.75) is 38.3 Å². The molecule has 1 aromatic rings. The first-order chi connectivity index (χ1) is 8.24. The third-order valence-electron chi connectivity index (χ3n) is 4.07. The topological polar surface area (TPSA) is 15.3 Å². The van der Waals surface area contributed by atoms with Gasteiger partial charge in [-0.1, -0.05) is 17.7 Å². The predicted molar refractivity (Wildman–Crippen MR) is 72.8 cm³/mol. The highest BCUT2D eigenvalue weighted by Gasteiger charge is 2.37. The average molecular weight is 251 g/mol. The summed E-state index contributed by atoms with van der Waals surface area (Å²) in [7, 11) is 0. The minimum absolute atomic E-state index is 0.581. The molecule has 2 nitrogen and oxygen atoms in total.